The highest BCUT2D eigenvalue weighted by Crippen LogP contribution is 2.25. The van der Waals surface area contributed by atoms with Gasteiger partial charge in [0.2, 0.25) is 12.3 Å². The summed E-state index contributed by atoms with van der Waals surface area (Å²) in [7, 11) is 0. The fourth-order valence-corrected chi connectivity index (χ4v) is 3.87. The molecule has 0 aromatic heterocycles. The van der Waals surface area contributed by atoms with Crippen LogP contribution in [0.1, 0.15) is 84.0 Å². The molecule has 0 heterocycles. The molecule has 1 rings (SSSR count). The molecule has 0 saturated heterocycles. The predicted molar refractivity (Wildman–Crippen MR) is 133 cm³/mol. The van der Waals surface area contributed by atoms with Gasteiger partial charge in [0.05, 0.1) is 18.5 Å². The molecular weight excluding hydrogens is 418 g/mol. The van der Waals surface area contributed by atoms with Crippen molar-refractivity contribution in [2.75, 3.05) is 24.5 Å². The summed E-state index contributed by atoms with van der Waals surface area (Å²) >= 11 is 0. The molecule has 7 nitrogen and oxygen atoms in total. The number of carbonyl (C=O) groups is 3. The van der Waals surface area contributed by atoms with Gasteiger partial charge in [0.1, 0.15) is 0 Å². The Morgan fingerprint density at radius 2 is 1.61 bits per heavy atom. The van der Waals surface area contributed by atoms with Gasteiger partial charge in [-0.15, -0.1) is 0 Å². The first-order valence-corrected chi connectivity index (χ1v) is 12.2. The van der Waals surface area contributed by atoms with E-state index in [1.54, 1.807) is 0 Å². The fourth-order valence-electron chi connectivity index (χ4n) is 3.87. The van der Waals surface area contributed by atoms with Crippen molar-refractivity contribution in [1.29, 1.82) is 0 Å². The van der Waals surface area contributed by atoms with Gasteiger partial charge in [0.25, 0.3) is 0 Å². The van der Waals surface area contributed by atoms with Crippen LogP contribution in [0.3, 0.4) is 0 Å². The van der Waals surface area contributed by atoms with E-state index in [1.807, 2.05) is 52.0 Å². The largest absolute Gasteiger partial charge is 0.372 e. The van der Waals surface area contributed by atoms with Crippen LogP contribution in [-0.2, 0) is 9.59 Å². The normalized spacial score (nSPS) is 13.2. The molecule has 1 aromatic rings. The number of rotatable bonds is 15. The number of amides is 2. The number of unbranched alkanes of at least 4 members (excludes halogenated alkanes) is 1. The Kier molecular flexibility index (Phi) is 12.1. The Morgan fingerprint density at radius 1 is 1.03 bits per heavy atom. The molecule has 0 aliphatic carbocycles. The van der Waals surface area contributed by atoms with Gasteiger partial charge in [-0.3, -0.25) is 19.6 Å². The number of ketones is 1. The highest BCUT2D eigenvalue weighted by Gasteiger charge is 2.35. The van der Waals surface area contributed by atoms with Gasteiger partial charge in [-0.1, -0.05) is 54.4 Å². The Bertz CT molecular complexity index is 737. The minimum absolute atomic E-state index is 0.0974. The summed E-state index contributed by atoms with van der Waals surface area (Å²) in [5.74, 6) is -1.06. The molecule has 0 bridgehead atoms. The average Bonchev–Trinajstić information content (AvgIpc) is 2.78. The maximum atomic E-state index is 13.4. The SMILES string of the molecule is CCCC[C@H](CN(O)C=O)C(=O)N[C@H](C(=O)c1ccc(N(CCC)CCC)cc1)C(C)(C)C. The van der Waals surface area contributed by atoms with Crippen LogP contribution in [0.4, 0.5) is 5.69 Å². The third-order valence-corrected chi connectivity index (χ3v) is 5.72. The number of hydroxylamine groups is 2. The van der Waals surface area contributed by atoms with Crippen molar-refractivity contribution in [2.45, 2.75) is 79.7 Å². The van der Waals surface area contributed by atoms with Crippen molar-refractivity contribution >= 4 is 23.8 Å². The number of carbonyl (C=O) groups excluding carboxylic acids is 3. The van der Waals surface area contributed by atoms with Gasteiger partial charge in [0, 0.05) is 24.3 Å². The van der Waals surface area contributed by atoms with E-state index < -0.39 is 17.4 Å². The van der Waals surface area contributed by atoms with Crippen molar-refractivity contribution < 1.29 is 19.6 Å². The standard InChI is InChI=1S/C26H43N3O4/c1-7-10-11-21(18-29(33)19-30)25(32)27-24(26(4,5)6)23(31)20-12-14-22(15-13-20)28(16-8-2)17-9-3/h12-15,19,21,24,33H,7-11,16-18H2,1-6H3,(H,27,32)/t21-,24-/m1/s1. The molecule has 0 unspecified atom stereocenters. The highest BCUT2D eigenvalue weighted by atomic mass is 16.5. The van der Waals surface area contributed by atoms with E-state index in [-0.39, 0.29) is 18.2 Å². The van der Waals surface area contributed by atoms with Crippen molar-refractivity contribution in [3.63, 3.8) is 0 Å². The summed E-state index contributed by atoms with van der Waals surface area (Å²) in [4.78, 5) is 39.7. The second kappa shape index (κ2) is 14.0. The summed E-state index contributed by atoms with van der Waals surface area (Å²) < 4.78 is 0. The van der Waals surface area contributed by atoms with Crippen LogP contribution < -0.4 is 10.2 Å². The van der Waals surface area contributed by atoms with Gasteiger partial charge in [-0.25, -0.2) is 5.06 Å². The summed E-state index contributed by atoms with van der Waals surface area (Å²) in [5, 5.41) is 13.0. The number of nitrogens with one attached hydrogen (secondary N) is 1. The van der Waals surface area contributed by atoms with E-state index >= 15 is 0 Å². The number of Topliss-reactive ketones (excluding diaryl/α,β-unsaturated/α-hetero) is 1. The zero-order valence-electron chi connectivity index (χ0n) is 21.3. The topological polar surface area (TPSA) is 90.0 Å². The minimum atomic E-state index is -0.731. The molecule has 2 N–H and O–H groups in total. The zero-order chi connectivity index (χ0) is 25.0. The van der Waals surface area contributed by atoms with Gasteiger partial charge >= 0.3 is 0 Å². The van der Waals surface area contributed by atoms with Crippen LogP contribution >= 0.6 is 0 Å². The van der Waals surface area contributed by atoms with Crippen LogP contribution in [0.15, 0.2) is 24.3 Å². The lowest BCUT2D eigenvalue weighted by molar-refractivity contribution is -0.154. The molecule has 0 fully saturated rings. The number of benzene rings is 1. The summed E-state index contributed by atoms with van der Waals surface area (Å²) in [6.07, 6.45) is 4.59. The molecule has 2 amide bonds. The van der Waals surface area contributed by atoms with Gasteiger partial charge in [-0.05, 0) is 48.9 Å². The summed E-state index contributed by atoms with van der Waals surface area (Å²) in [6, 6.07) is 6.87. The van der Waals surface area contributed by atoms with E-state index in [0.717, 1.165) is 44.5 Å². The van der Waals surface area contributed by atoms with Gasteiger partial charge < -0.3 is 10.2 Å². The molecule has 1 aromatic carbocycles. The quantitative estimate of drug-likeness (QED) is 0.171. The molecule has 0 aliphatic rings. The molecule has 186 valence electrons. The van der Waals surface area contributed by atoms with Gasteiger partial charge in [0.15, 0.2) is 5.78 Å². The van der Waals surface area contributed by atoms with Crippen LogP contribution in [0.25, 0.3) is 0 Å². The Hall–Kier alpha value is -2.41. The van der Waals surface area contributed by atoms with Gasteiger partial charge in [-0.2, -0.15) is 0 Å². The smallest absolute Gasteiger partial charge is 0.233 e. The number of nitrogens with zero attached hydrogens (tertiary/aromatic N) is 2. The molecular formula is C26H43N3O4. The van der Waals surface area contributed by atoms with E-state index in [9.17, 15) is 19.6 Å². The van der Waals surface area contributed by atoms with Crippen LogP contribution in [-0.4, -0.2) is 54.0 Å². The van der Waals surface area contributed by atoms with E-state index in [4.69, 9.17) is 0 Å². The molecule has 0 radical (unpaired) electrons. The lowest BCUT2D eigenvalue weighted by Crippen LogP contribution is -2.52. The van der Waals surface area contributed by atoms with E-state index in [2.05, 4.69) is 24.1 Å². The minimum Gasteiger partial charge on any atom is -0.372 e. The highest BCUT2D eigenvalue weighted by molar-refractivity contribution is 6.02. The zero-order valence-corrected chi connectivity index (χ0v) is 21.3. The predicted octanol–water partition coefficient (Wildman–Crippen LogP) is 4.68. The number of anilines is 1. The first kappa shape index (κ1) is 28.6. The molecule has 0 saturated carbocycles. The van der Waals surface area contributed by atoms with Crippen molar-refractivity contribution in [1.82, 2.24) is 10.4 Å². The summed E-state index contributed by atoms with van der Waals surface area (Å²) in [6.45, 7) is 13.9. The fraction of sp³-hybridized carbons (Fsp3) is 0.654. The monoisotopic (exact) mass is 461 g/mol. The third kappa shape index (κ3) is 9.16. The second-order valence-corrected chi connectivity index (χ2v) is 9.77. The number of hydrogen-bond acceptors (Lipinski definition) is 5. The van der Waals surface area contributed by atoms with Crippen LogP contribution in [0, 0.1) is 11.3 Å². The van der Waals surface area contributed by atoms with Crippen LogP contribution in [0.2, 0.25) is 0 Å². The first-order valence-electron chi connectivity index (χ1n) is 12.2. The maximum Gasteiger partial charge on any atom is 0.233 e. The first-order chi connectivity index (χ1) is 15.6. The van der Waals surface area contributed by atoms with Crippen molar-refractivity contribution in [3.8, 4) is 0 Å². The molecule has 2 atom stereocenters. The average molecular weight is 462 g/mol. The molecule has 0 spiro atoms. The van der Waals surface area contributed by atoms with Crippen LogP contribution in [0.5, 0.6) is 0 Å². The van der Waals surface area contributed by atoms with E-state index in [1.165, 1.54) is 0 Å². The lowest BCUT2D eigenvalue weighted by Gasteiger charge is -2.32. The number of hydrogen-bond donors (Lipinski definition) is 2. The molecule has 0 aliphatic heterocycles. The molecule has 7 heteroatoms. The Morgan fingerprint density at radius 3 is 2.06 bits per heavy atom. The Labute approximate surface area is 199 Å². The van der Waals surface area contributed by atoms with Crippen molar-refractivity contribution in [2.24, 2.45) is 11.3 Å². The van der Waals surface area contributed by atoms with Crippen molar-refractivity contribution in [3.05, 3.63) is 29.8 Å². The summed E-state index contributed by atoms with van der Waals surface area (Å²) in [5.41, 5.74) is 1.12. The second-order valence-electron chi connectivity index (χ2n) is 9.77. The Balaban J connectivity index is 3.08. The molecule has 33 heavy (non-hydrogen) atoms. The lowest BCUT2D eigenvalue weighted by atomic mass is 9.81. The van der Waals surface area contributed by atoms with E-state index in [0.29, 0.717) is 23.5 Å². The third-order valence-electron chi connectivity index (χ3n) is 5.72. The maximum absolute atomic E-state index is 13.4.